The Morgan fingerprint density at radius 1 is 1.26 bits per heavy atom. The Kier molecular flexibility index (Phi) is 4.12. The molecule has 0 aliphatic heterocycles. The van der Waals surface area contributed by atoms with Crippen LogP contribution in [0.3, 0.4) is 0 Å². The number of ether oxygens (including phenoxy) is 1. The molecule has 0 unspecified atom stereocenters. The van der Waals surface area contributed by atoms with Gasteiger partial charge in [-0.2, -0.15) is 0 Å². The molecule has 0 atom stereocenters. The highest BCUT2D eigenvalue weighted by atomic mass is 16.5. The van der Waals surface area contributed by atoms with E-state index in [0.717, 1.165) is 28.5 Å². The van der Waals surface area contributed by atoms with E-state index in [2.05, 4.69) is 4.90 Å². The summed E-state index contributed by atoms with van der Waals surface area (Å²) < 4.78 is 10.9. The lowest BCUT2D eigenvalue weighted by Gasteiger charge is -2.21. The second kappa shape index (κ2) is 5.80. The van der Waals surface area contributed by atoms with Gasteiger partial charge in [-0.05, 0) is 30.7 Å². The summed E-state index contributed by atoms with van der Waals surface area (Å²) in [6.07, 6.45) is 0. The van der Waals surface area contributed by atoms with Crippen molar-refractivity contribution in [3.63, 3.8) is 0 Å². The number of anilines is 1. The number of nitrogens with zero attached hydrogens (tertiary/aromatic N) is 1. The third-order valence-electron chi connectivity index (χ3n) is 3.11. The summed E-state index contributed by atoms with van der Waals surface area (Å²) in [5.41, 5.74) is 7.94. The van der Waals surface area contributed by atoms with Crippen LogP contribution in [0.15, 0.2) is 34.7 Å². The second-order valence-electron chi connectivity index (χ2n) is 4.57. The monoisotopic (exact) mass is 260 g/mol. The van der Waals surface area contributed by atoms with Crippen LogP contribution < -0.4 is 15.4 Å². The Bertz CT molecular complexity index is 549. The van der Waals surface area contributed by atoms with E-state index in [1.165, 1.54) is 0 Å². The van der Waals surface area contributed by atoms with E-state index in [9.17, 15) is 0 Å². The van der Waals surface area contributed by atoms with Gasteiger partial charge in [0, 0.05) is 25.3 Å². The van der Waals surface area contributed by atoms with E-state index in [1.807, 2.05) is 44.3 Å². The summed E-state index contributed by atoms with van der Waals surface area (Å²) in [6, 6.07) is 9.89. The Morgan fingerprint density at radius 2 is 2.05 bits per heavy atom. The van der Waals surface area contributed by atoms with Crippen molar-refractivity contribution in [2.45, 2.75) is 20.0 Å². The van der Waals surface area contributed by atoms with E-state index in [4.69, 9.17) is 14.9 Å². The minimum atomic E-state index is 0.501. The second-order valence-corrected chi connectivity index (χ2v) is 4.57. The molecule has 4 nitrogen and oxygen atoms in total. The molecule has 19 heavy (non-hydrogen) atoms. The summed E-state index contributed by atoms with van der Waals surface area (Å²) in [5, 5.41) is 0. The van der Waals surface area contributed by atoms with Crippen LogP contribution >= 0.6 is 0 Å². The summed E-state index contributed by atoms with van der Waals surface area (Å²) >= 11 is 0. The highest BCUT2D eigenvalue weighted by Crippen LogP contribution is 2.26. The SMILES string of the molecule is COc1ccc(CN)c(N(C)Cc2ccc(C)o2)c1. The molecule has 2 rings (SSSR count). The van der Waals surface area contributed by atoms with Gasteiger partial charge in [0.15, 0.2) is 0 Å². The molecule has 102 valence electrons. The number of benzene rings is 1. The Labute approximate surface area is 113 Å². The zero-order chi connectivity index (χ0) is 13.8. The Morgan fingerprint density at radius 3 is 2.63 bits per heavy atom. The van der Waals surface area contributed by atoms with Gasteiger partial charge >= 0.3 is 0 Å². The average molecular weight is 260 g/mol. The van der Waals surface area contributed by atoms with E-state index in [0.29, 0.717) is 13.1 Å². The molecule has 2 aromatic rings. The zero-order valence-electron chi connectivity index (χ0n) is 11.6. The normalized spacial score (nSPS) is 10.5. The molecule has 1 heterocycles. The topological polar surface area (TPSA) is 51.6 Å². The van der Waals surface area contributed by atoms with Crippen molar-refractivity contribution in [3.8, 4) is 5.75 Å². The van der Waals surface area contributed by atoms with Crippen LogP contribution in [-0.2, 0) is 13.1 Å². The van der Waals surface area contributed by atoms with Crippen molar-refractivity contribution in [2.24, 2.45) is 5.73 Å². The summed E-state index contributed by atoms with van der Waals surface area (Å²) in [6.45, 7) is 3.15. The fourth-order valence-electron chi connectivity index (χ4n) is 2.09. The van der Waals surface area contributed by atoms with Gasteiger partial charge < -0.3 is 19.8 Å². The van der Waals surface area contributed by atoms with Crippen molar-refractivity contribution in [1.29, 1.82) is 0 Å². The maximum absolute atomic E-state index is 5.79. The third kappa shape index (κ3) is 3.09. The molecule has 0 aliphatic carbocycles. The van der Waals surface area contributed by atoms with E-state index in [-0.39, 0.29) is 0 Å². The molecule has 0 radical (unpaired) electrons. The molecular formula is C15H20N2O2. The van der Waals surface area contributed by atoms with Crippen molar-refractivity contribution < 1.29 is 9.15 Å². The van der Waals surface area contributed by atoms with Crippen molar-refractivity contribution in [1.82, 2.24) is 0 Å². The molecular weight excluding hydrogens is 240 g/mol. The highest BCUT2D eigenvalue weighted by molar-refractivity contribution is 5.57. The van der Waals surface area contributed by atoms with Crippen LogP contribution in [0.2, 0.25) is 0 Å². The average Bonchev–Trinajstić information content (AvgIpc) is 2.83. The molecule has 0 saturated heterocycles. The smallest absolute Gasteiger partial charge is 0.123 e. The lowest BCUT2D eigenvalue weighted by molar-refractivity contribution is 0.414. The van der Waals surface area contributed by atoms with Gasteiger partial charge in [0.25, 0.3) is 0 Å². The molecule has 0 fully saturated rings. The molecule has 0 saturated carbocycles. The zero-order valence-corrected chi connectivity index (χ0v) is 11.6. The van der Waals surface area contributed by atoms with Crippen LogP contribution in [0, 0.1) is 6.92 Å². The minimum Gasteiger partial charge on any atom is -0.497 e. The number of furan rings is 1. The van der Waals surface area contributed by atoms with Crippen LogP contribution in [-0.4, -0.2) is 14.2 Å². The number of hydrogen-bond acceptors (Lipinski definition) is 4. The predicted molar refractivity (Wildman–Crippen MR) is 76.4 cm³/mol. The summed E-state index contributed by atoms with van der Waals surface area (Å²) in [5.74, 6) is 2.69. The summed E-state index contributed by atoms with van der Waals surface area (Å²) in [7, 11) is 3.68. The molecule has 0 bridgehead atoms. The molecule has 0 amide bonds. The van der Waals surface area contributed by atoms with Crippen LogP contribution in [0.4, 0.5) is 5.69 Å². The van der Waals surface area contributed by atoms with Crippen molar-refractivity contribution in [3.05, 3.63) is 47.4 Å². The number of rotatable bonds is 5. The maximum Gasteiger partial charge on any atom is 0.123 e. The van der Waals surface area contributed by atoms with Crippen LogP contribution in [0.1, 0.15) is 17.1 Å². The Balaban J connectivity index is 2.23. The first kappa shape index (κ1) is 13.5. The fraction of sp³-hybridized carbons (Fsp3) is 0.333. The first-order valence-corrected chi connectivity index (χ1v) is 6.27. The predicted octanol–water partition coefficient (Wildman–Crippen LogP) is 2.69. The minimum absolute atomic E-state index is 0.501. The highest BCUT2D eigenvalue weighted by Gasteiger charge is 2.10. The van der Waals surface area contributed by atoms with Crippen LogP contribution in [0.5, 0.6) is 5.75 Å². The molecule has 4 heteroatoms. The molecule has 1 aromatic heterocycles. The molecule has 1 aromatic carbocycles. The fourth-order valence-corrected chi connectivity index (χ4v) is 2.09. The summed E-state index contributed by atoms with van der Waals surface area (Å²) in [4.78, 5) is 2.11. The first-order valence-electron chi connectivity index (χ1n) is 6.27. The molecule has 0 aliphatic rings. The quantitative estimate of drug-likeness (QED) is 0.898. The van der Waals surface area contributed by atoms with Gasteiger partial charge in [-0.1, -0.05) is 6.07 Å². The van der Waals surface area contributed by atoms with Gasteiger partial charge in [0.05, 0.1) is 13.7 Å². The maximum atomic E-state index is 5.79. The number of methoxy groups -OCH3 is 1. The van der Waals surface area contributed by atoms with Crippen molar-refractivity contribution in [2.75, 3.05) is 19.1 Å². The van der Waals surface area contributed by atoms with E-state index < -0.39 is 0 Å². The molecule has 2 N–H and O–H groups in total. The van der Waals surface area contributed by atoms with Crippen molar-refractivity contribution >= 4 is 5.69 Å². The van der Waals surface area contributed by atoms with Gasteiger partial charge in [-0.25, -0.2) is 0 Å². The Hall–Kier alpha value is -1.94. The first-order chi connectivity index (χ1) is 9.13. The third-order valence-corrected chi connectivity index (χ3v) is 3.11. The number of hydrogen-bond donors (Lipinski definition) is 1. The number of aryl methyl sites for hydroxylation is 1. The lowest BCUT2D eigenvalue weighted by Crippen LogP contribution is -2.18. The van der Waals surface area contributed by atoms with E-state index in [1.54, 1.807) is 7.11 Å². The van der Waals surface area contributed by atoms with Gasteiger partial charge in [-0.3, -0.25) is 0 Å². The number of nitrogens with two attached hydrogens (primary N) is 1. The van der Waals surface area contributed by atoms with E-state index >= 15 is 0 Å². The van der Waals surface area contributed by atoms with Crippen LogP contribution in [0.25, 0.3) is 0 Å². The van der Waals surface area contributed by atoms with Gasteiger partial charge in [0.2, 0.25) is 0 Å². The van der Waals surface area contributed by atoms with Gasteiger partial charge in [-0.15, -0.1) is 0 Å². The van der Waals surface area contributed by atoms with Gasteiger partial charge in [0.1, 0.15) is 17.3 Å². The molecule has 0 spiro atoms. The standard InChI is InChI=1S/C15H20N2O2/c1-11-4-6-14(19-11)10-17(2)15-8-13(18-3)7-5-12(15)9-16/h4-8H,9-10,16H2,1-3H3. The largest absolute Gasteiger partial charge is 0.497 e. The lowest BCUT2D eigenvalue weighted by atomic mass is 10.1.